The van der Waals surface area contributed by atoms with E-state index in [9.17, 15) is 4.79 Å². The van der Waals surface area contributed by atoms with Gasteiger partial charge in [0.1, 0.15) is 5.54 Å². The number of ether oxygens (including phenoxy) is 2. The van der Waals surface area contributed by atoms with Crippen LogP contribution in [0, 0.1) is 0 Å². The highest BCUT2D eigenvalue weighted by Gasteiger charge is 2.36. The fraction of sp³-hybridized carbons (Fsp3) is 0.933. The molecule has 1 aliphatic heterocycles. The summed E-state index contributed by atoms with van der Waals surface area (Å²) < 4.78 is 10.6. The van der Waals surface area contributed by atoms with Crippen molar-refractivity contribution in [3.63, 3.8) is 0 Å². The van der Waals surface area contributed by atoms with Crippen molar-refractivity contribution in [2.45, 2.75) is 57.7 Å². The average molecular weight is 286 g/mol. The molecule has 0 radical (unpaired) electrons. The van der Waals surface area contributed by atoms with Gasteiger partial charge in [-0.2, -0.15) is 0 Å². The maximum atomic E-state index is 12.1. The van der Waals surface area contributed by atoms with Gasteiger partial charge in [-0.3, -0.25) is 4.79 Å². The number of hydrogen-bond donors (Lipinski definition) is 1. The van der Waals surface area contributed by atoms with Gasteiger partial charge in [-0.25, -0.2) is 0 Å². The van der Waals surface area contributed by atoms with Gasteiger partial charge in [0, 0.05) is 26.2 Å². The predicted octanol–water partition coefficient (Wildman–Crippen LogP) is 1.42. The molecule has 1 heterocycles. The molecule has 2 unspecified atom stereocenters. The number of carbonyl (C=O) groups excluding carboxylic acids is 1. The number of likely N-dealkylation sites (N-methyl/N-ethyl adjacent to an activating group) is 1. The summed E-state index contributed by atoms with van der Waals surface area (Å²) in [5.41, 5.74) is -0.618. The molecule has 118 valence electrons. The van der Waals surface area contributed by atoms with Crippen LogP contribution >= 0.6 is 0 Å². The quantitative estimate of drug-likeness (QED) is 0.717. The largest absolute Gasteiger partial charge is 0.465 e. The second-order valence-corrected chi connectivity index (χ2v) is 5.83. The zero-order valence-corrected chi connectivity index (χ0v) is 13.6. The highest BCUT2D eigenvalue weighted by molar-refractivity contribution is 5.80. The number of rotatable bonds is 7. The predicted molar refractivity (Wildman–Crippen MR) is 79.8 cm³/mol. The van der Waals surface area contributed by atoms with Crippen LogP contribution in [0.15, 0.2) is 0 Å². The third-order valence-corrected chi connectivity index (χ3v) is 4.41. The second kappa shape index (κ2) is 7.96. The van der Waals surface area contributed by atoms with Gasteiger partial charge in [-0.15, -0.1) is 0 Å². The monoisotopic (exact) mass is 286 g/mol. The van der Waals surface area contributed by atoms with Gasteiger partial charge in [0.05, 0.1) is 12.7 Å². The Bertz CT molecular complexity index is 303. The number of methoxy groups -OCH3 is 1. The lowest BCUT2D eigenvalue weighted by Crippen LogP contribution is -2.54. The number of piperidine rings is 1. The Morgan fingerprint density at radius 1 is 1.45 bits per heavy atom. The first-order valence-corrected chi connectivity index (χ1v) is 7.59. The average Bonchev–Trinajstić information content (AvgIpc) is 2.47. The van der Waals surface area contributed by atoms with Gasteiger partial charge in [0.15, 0.2) is 0 Å². The van der Waals surface area contributed by atoms with E-state index in [0.717, 1.165) is 32.4 Å². The number of hydrogen-bond acceptors (Lipinski definition) is 5. The Hall–Kier alpha value is -0.650. The van der Waals surface area contributed by atoms with E-state index in [-0.39, 0.29) is 5.97 Å². The zero-order valence-electron chi connectivity index (χ0n) is 13.6. The Labute approximate surface area is 123 Å². The molecule has 2 atom stereocenters. The minimum Gasteiger partial charge on any atom is -0.465 e. The summed E-state index contributed by atoms with van der Waals surface area (Å²) >= 11 is 0. The summed E-state index contributed by atoms with van der Waals surface area (Å²) in [6.07, 6.45) is 3.27. The van der Waals surface area contributed by atoms with Crippen LogP contribution < -0.4 is 5.32 Å². The van der Waals surface area contributed by atoms with Crippen LogP contribution in [0.25, 0.3) is 0 Å². The van der Waals surface area contributed by atoms with Crippen LogP contribution in [-0.4, -0.2) is 62.4 Å². The number of esters is 1. The lowest BCUT2D eigenvalue weighted by Gasteiger charge is -2.39. The minimum absolute atomic E-state index is 0.166. The van der Waals surface area contributed by atoms with Gasteiger partial charge in [0.2, 0.25) is 0 Å². The van der Waals surface area contributed by atoms with Crippen molar-refractivity contribution < 1.29 is 14.3 Å². The van der Waals surface area contributed by atoms with E-state index in [2.05, 4.69) is 17.1 Å². The number of carbonyl (C=O) groups is 1. The summed E-state index contributed by atoms with van der Waals surface area (Å²) in [6.45, 7) is 8.42. The van der Waals surface area contributed by atoms with Gasteiger partial charge in [0.25, 0.3) is 0 Å². The molecule has 1 aliphatic rings. The Morgan fingerprint density at radius 3 is 2.50 bits per heavy atom. The smallest absolute Gasteiger partial charge is 0.326 e. The van der Waals surface area contributed by atoms with Crippen molar-refractivity contribution >= 4 is 5.97 Å². The van der Waals surface area contributed by atoms with Crippen LogP contribution in [-0.2, 0) is 14.3 Å². The van der Waals surface area contributed by atoms with Crippen LogP contribution in [0.3, 0.4) is 0 Å². The van der Waals surface area contributed by atoms with Crippen LogP contribution in [0.1, 0.15) is 40.0 Å². The maximum absolute atomic E-state index is 12.1. The first kappa shape index (κ1) is 17.4. The number of likely N-dealkylation sites (tertiary alicyclic amines) is 1. The molecule has 5 heteroatoms. The fourth-order valence-electron chi connectivity index (χ4n) is 2.85. The first-order valence-electron chi connectivity index (χ1n) is 7.59. The third kappa shape index (κ3) is 4.43. The summed E-state index contributed by atoms with van der Waals surface area (Å²) in [6, 6.07) is 0.342. The highest BCUT2D eigenvalue weighted by atomic mass is 16.5. The molecule has 0 aliphatic carbocycles. The Balaban J connectivity index is 2.55. The molecule has 1 fully saturated rings. The lowest BCUT2D eigenvalue weighted by atomic mass is 9.92. The van der Waals surface area contributed by atoms with Gasteiger partial charge >= 0.3 is 5.97 Å². The van der Waals surface area contributed by atoms with Crippen molar-refractivity contribution in [1.82, 2.24) is 10.2 Å². The molecule has 1 rings (SSSR count). The van der Waals surface area contributed by atoms with Crippen molar-refractivity contribution in [3.8, 4) is 0 Å². The van der Waals surface area contributed by atoms with Gasteiger partial charge < -0.3 is 19.7 Å². The maximum Gasteiger partial charge on any atom is 0.326 e. The zero-order chi connectivity index (χ0) is 15.2. The number of nitrogens with zero attached hydrogens (tertiary/aromatic N) is 1. The molecule has 0 aromatic carbocycles. The van der Waals surface area contributed by atoms with E-state index in [0.29, 0.717) is 18.8 Å². The van der Waals surface area contributed by atoms with Crippen molar-refractivity contribution in [2.75, 3.05) is 33.9 Å². The molecule has 0 saturated carbocycles. The second-order valence-electron chi connectivity index (χ2n) is 5.83. The molecule has 0 amide bonds. The summed E-state index contributed by atoms with van der Waals surface area (Å²) in [5.74, 6) is -0.166. The van der Waals surface area contributed by atoms with Crippen molar-refractivity contribution in [2.24, 2.45) is 0 Å². The first-order chi connectivity index (χ1) is 9.46. The standard InChI is InChI=1S/C15H30N2O3/c1-6-20-14(18)15(3,16-4)11-12(2)17-9-7-13(19-5)8-10-17/h12-13,16H,6-11H2,1-5H3. The molecular formula is C15H30N2O3. The lowest BCUT2D eigenvalue weighted by molar-refractivity contribution is -0.151. The van der Waals surface area contributed by atoms with Crippen molar-refractivity contribution in [1.29, 1.82) is 0 Å². The molecule has 0 spiro atoms. The molecule has 20 heavy (non-hydrogen) atoms. The van der Waals surface area contributed by atoms with Crippen LogP contribution in [0.2, 0.25) is 0 Å². The Kier molecular flexibility index (Phi) is 6.92. The SMILES string of the molecule is CCOC(=O)C(C)(CC(C)N1CCC(OC)CC1)NC. The normalized spacial score (nSPS) is 22.2. The molecule has 0 aromatic rings. The fourth-order valence-corrected chi connectivity index (χ4v) is 2.85. The Morgan fingerprint density at radius 2 is 2.05 bits per heavy atom. The minimum atomic E-state index is -0.618. The molecule has 0 bridgehead atoms. The van der Waals surface area contributed by atoms with E-state index in [4.69, 9.17) is 9.47 Å². The van der Waals surface area contributed by atoms with Crippen LogP contribution in [0.4, 0.5) is 0 Å². The topological polar surface area (TPSA) is 50.8 Å². The summed E-state index contributed by atoms with van der Waals surface area (Å²) in [7, 11) is 3.60. The van der Waals surface area contributed by atoms with Gasteiger partial charge in [-0.1, -0.05) is 0 Å². The highest BCUT2D eigenvalue weighted by Crippen LogP contribution is 2.22. The van der Waals surface area contributed by atoms with Crippen LogP contribution in [0.5, 0.6) is 0 Å². The molecule has 1 saturated heterocycles. The molecule has 1 N–H and O–H groups in total. The number of nitrogens with one attached hydrogen (secondary N) is 1. The molecule has 0 aromatic heterocycles. The van der Waals surface area contributed by atoms with E-state index >= 15 is 0 Å². The molecular weight excluding hydrogens is 256 g/mol. The van der Waals surface area contributed by atoms with E-state index in [1.165, 1.54) is 0 Å². The summed E-state index contributed by atoms with van der Waals surface area (Å²) in [4.78, 5) is 14.5. The van der Waals surface area contributed by atoms with E-state index < -0.39 is 5.54 Å². The van der Waals surface area contributed by atoms with E-state index in [1.54, 1.807) is 7.11 Å². The van der Waals surface area contributed by atoms with Crippen molar-refractivity contribution in [3.05, 3.63) is 0 Å². The van der Waals surface area contributed by atoms with E-state index in [1.807, 2.05) is 20.9 Å². The molecule has 5 nitrogen and oxygen atoms in total. The van der Waals surface area contributed by atoms with Gasteiger partial charge in [-0.05, 0) is 47.1 Å². The summed E-state index contributed by atoms with van der Waals surface area (Å²) in [5, 5.41) is 3.13. The third-order valence-electron chi connectivity index (χ3n) is 4.41.